The Hall–Kier alpha value is -2.97. The molecule has 2 aliphatic rings. The van der Waals surface area contributed by atoms with Crippen LogP contribution in [0.2, 0.25) is 0 Å². The molecule has 156 valence electrons. The van der Waals surface area contributed by atoms with E-state index in [4.69, 9.17) is 19.1 Å². The Bertz CT molecular complexity index is 984. The van der Waals surface area contributed by atoms with Gasteiger partial charge < -0.3 is 24.7 Å². The van der Waals surface area contributed by atoms with Crippen molar-refractivity contribution < 1.29 is 9.15 Å². The molecule has 1 fully saturated rings. The Kier molecular flexibility index (Phi) is 5.33. The molecule has 0 amide bonds. The molecule has 1 aromatic carbocycles. The molecule has 30 heavy (non-hydrogen) atoms. The van der Waals surface area contributed by atoms with E-state index < -0.39 is 0 Å². The van der Waals surface area contributed by atoms with E-state index in [1.165, 1.54) is 12.0 Å². The van der Waals surface area contributed by atoms with Crippen molar-refractivity contribution in [2.24, 2.45) is 0 Å². The number of hydrogen-bond acceptors (Lipinski definition) is 8. The van der Waals surface area contributed by atoms with Gasteiger partial charge in [-0.05, 0) is 44.2 Å². The first-order valence-electron chi connectivity index (χ1n) is 10.4. The van der Waals surface area contributed by atoms with Crippen LogP contribution in [-0.2, 0) is 17.7 Å². The molecule has 0 bridgehead atoms. The number of ether oxygens (including phenoxy) is 1. The Balaban J connectivity index is 1.37. The second kappa shape index (κ2) is 8.41. The molecule has 8 nitrogen and oxygen atoms in total. The number of nitrogens with one attached hydrogen (secondary N) is 2. The smallest absolute Gasteiger partial charge is 0.229 e. The van der Waals surface area contributed by atoms with E-state index in [1.54, 1.807) is 6.20 Å². The van der Waals surface area contributed by atoms with Crippen LogP contribution in [0.15, 0.2) is 41.3 Å². The highest BCUT2D eigenvalue weighted by Crippen LogP contribution is 2.27. The summed E-state index contributed by atoms with van der Waals surface area (Å²) in [5, 5.41) is 6.88. The van der Waals surface area contributed by atoms with Crippen molar-refractivity contribution in [2.75, 3.05) is 37.4 Å². The highest BCUT2D eigenvalue weighted by atomic mass is 16.5. The molecular formula is C22H26N6O2. The van der Waals surface area contributed by atoms with E-state index in [1.807, 2.05) is 24.3 Å². The number of nitrogens with zero attached hydrogens (tertiary/aromatic N) is 4. The lowest BCUT2D eigenvalue weighted by Crippen LogP contribution is -2.30. The lowest BCUT2D eigenvalue weighted by atomic mass is 10.1. The minimum atomic E-state index is 0.261. The molecular weight excluding hydrogens is 380 g/mol. The average molecular weight is 406 g/mol. The van der Waals surface area contributed by atoms with Crippen molar-refractivity contribution in [1.29, 1.82) is 0 Å². The van der Waals surface area contributed by atoms with E-state index in [-0.39, 0.29) is 6.10 Å². The lowest BCUT2D eigenvalue weighted by molar-refractivity contribution is 0.120. The summed E-state index contributed by atoms with van der Waals surface area (Å²) in [7, 11) is 2.13. The Labute approximate surface area is 175 Å². The summed E-state index contributed by atoms with van der Waals surface area (Å²) in [5.41, 5.74) is 4.20. The number of oxazole rings is 1. The maximum atomic E-state index is 5.76. The normalized spacial score (nSPS) is 18.9. The fourth-order valence-corrected chi connectivity index (χ4v) is 3.97. The molecule has 0 aliphatic carbocycles. The molecule has 1 unspecified atom stereocenters. The standard InChI is InChI=1S/C22H26N6O2/c1-28-9-8-19-18(13-28)21(24-11-17-3-2-10-29-17)27-22(26-19)25-16-6-4-15(5-7-16)20-12-23-14-30-20/h4-7,12,14,17H,2-3,8-11,13H2,1H3,(H2,24,25,26,27). The highest BCUT2D eigenvalue weighted by molar-refractivity contribution is 5.64. The van der Waals surface area contributed by atoms with Gasteiger partial charge in [-0.2, -0.15) is 4.98 Å². The van der Waals surface area contributed by atoms with Gasteiger partial charge in [0.1, 0.15) is 5.82 Å². The molecule has 2 aliphatic heterocycles. The van der Waals surface area contributed by atoms with E-state index in [0.29, 0.717) is 5.95 Å². The zero-order chi connectivity index (χ0) is 20.3. The number of hydrogen-bond donors (Lipinski definition) is 2. The van der Waals surface area contributed by atoms with Gasteiger partial charge >= 0.3 is 0 Å². The molecule has 0 spiro atoms. The summed E-state index contributed by atoms with van der Waals surface area (Å²) in [4.78, 5) is 15.9. The Morgan fingerprint density at radius 1 is 1.20 bits per heavy atom. The van der Waals surface area contributed by atoms with Crippen molar-refractivity contribution >= 4 is 17.5 Å². The van der Waals surface area contributed by atoms with Crippen molar-refractivity contribution in [2.45, 2.75) is 31.9 Å². The van der Waals surface area contributed by atoms with E-state index in [0.717, 1.165) is 74.0 Å². The second-order valence-electron chi connectivity index (χ2n) is 7.89. The molecule has 5 rings (SSSR count). The van der Waals surface area contributed by atoms with Crippen LogP contribution in [0.25, 0.3) is 11.3 Å². The summed E-state index contributed by atoms with van der Waals surface area (Å²) < 4.78 is 11.1. The number of rotatable bonds is 6. The van der Waals surface area contributed by atoms with Crippen LogP contribution >= 0.6 is 0 Å². The van der Waals surface area contributed by atoms with Crippen molar-refractivity contribution in [1.82, 2.24) is 19.9 Å². The summed E-state index contributed by atoms with van der Waals surface area (Å²) in [6, 6.07) is 7.97. The number of aromatic nitrogens is 3. The van der Waals surface area contributed by atoms with Gasteiger partial charge in [0.15, 0.2) is 12.2 Å². The molecule has 4 heterocycles. The van der Waals surface area contributed by atoms with Crippen LogP contribution < -0.4 is 10.6 Å². The first-order valence-corrected chi connectivity index (χ1v) is 10.4. The quantitative estimate of drug-likeness (QED) is 0.644. The lowest BCUT2D eigenvalue weighted by Gasteiger charge is -2.27. The van der Waals surface area contributed by atoms with Gasteiger partial charge in [0, 0.05) is 49.5 Å². The van der Waals surface area contributed by atoms with Crippen molar-refractivity contribution in [3.05, 3.63) is 48.1 Å². The minimum absolute atomic E-state index is 0.261. The van der Waals surface area contributed by atoms with E-state index in [2.05, 4.69) is 27.6 Å². The maximum Gasteiger partial charge on any atom is 0.229 e. The molecule has 1 saturated heterocycles. The Morgan fingerprint density at radius 3 is 2.87 bits per heavy atom. The molecule has 0 saturated carbocycles. The third-order valence-electron chi connectivity index (χ3n) is 5.63. The van der Waals surface area contributed by atoms with Gasteiger partial charge in [-0.3, -0.25) is 0 Å². The summed E-state index contributed by atoms with van der Waals surface area (Å²) in [5.74, 6) is 2.26. The highest BCUT2D eigenvalue weighted by Gasteiger charge is 2.22. The molecule has 3 aromatic rings. The first kappa shape index (κ1) is 19.0. The van der Waals surface area contributed by atoms with Crippen molar-refractivity contribution in [3.8, 4) is 11.3 Å². The number of anilines is 3. The Morgan fingerprint density at radius 2 is 2.10 bits per heavy atom. The maximum absolute atomic E-state index is 5.76. The molecule has 8 heteroatoms. The largest absolute Gasteiger partial charge is 0.444 e. The van der Waals surface area contributed by atoms with E-state index in [9.17, 15) is 0 Å². The fraction of sp³-hybridized carbons (Fsp3) is 0.409. The number of benzene rings is 1. The fourth-order valence-electron chi connectivity index (χ4n) is 3.97. The minimum Gasteiger partial charge on any atom is -0.444 e. The van der Waals surface area contributed by atoms with Crippen LogP contribution in [0.3, 0.4) is 0 Å². The SMILES string of the molecule is CN1CCc2nc(Nc3ccc(-c4cnco4)cc3)nc(NCC3CCCO3)c2C1. The zero-order valence-corrected chi connectivity index (χ0v) is 17.1. The van der Waals surface area contributed by atoms with Gasteiger partial charge in [0.05, 0.1) is 18.0 Å². The third-order valence-corrected chi connectivity index (χ3v) is 5.63. The summed E-state index contributed by atoms with van der Waals surface area (Å²) >= 11 is 0. The third kappa shape index (κ3) is 4.15. The van der Waals surface area contributed by atoms with Crippen LogP contribution in [-0.4, -0.2) is 52.7 Å². The predicted molar refractivity (Wildman–Crippen MR) is 115 cm³/mol. The molecule has 2 aromatic heterocycles. The van der Waals surface area contributed by atoms with Gasteiger partial charge in [-0.15, -0.1) is 0 Å². The van der Waals surface area contributed by atoms with Crippen LogP contribution in [0.5, 0.6) is 0 Å². The second-order valence-corrected chi connectivity index (χ2v) is 7.89. The van der Waals surface area contributed by atoms with Crippen LogP contribution in [0, 0.1) is 0 Å². The summed E-state index contributed by atoms with van der Waals surface area (Å²) in [6.07, 6.45) is 6.55. The molecule has 2 N–H and O–H groups in total. The van der Waals surface area contributed by atoms with Gasteiger partial charge in [0.25, 0.3) is 0 Å². The zero-order valence-electron chi connectivity index (χ0n) is 17.1. The van der Waals surface area contributed by atoms with Gasteiger partial charge in [-0.1, -0.05) is 0 Å². The predicted octanol–water partition coefficient (Wildman–Crippen LogP) is 3.45. The topological polar surface area (TPSA) is 88.3 Å². The summed E-state index contributed by atoms with van der Waals surface area (Å²) in [6.45, 7) is 3.49. The van der Waals surface area contributed by atoms with Crippen molar-refractivity contribution in [3.63, 3.8) is 0 Å². The van der Waals surface area contributed by atoms with Gasteiger partial charge in [0.2, 0.25) is 5.95 Å². The number of likely N-dealkylation sites (N-methyl/N-ethyl adjacent to an activating group) is 1. The first-order chi connectivity index (χ1) is 14.7. The monoisotopic (exact) mass is 406 g/mol. The van der Waals surface area contributed by atoms with E-state index >= 15 is 0 Å². The molecule has 1 atom stereocenters. The molecule has 0 radical (unpaired) electrons. The average Bonchev–Trinajstić information content (AvgIpc) is 3.47. The van der Waals surface area contributed by atoms with Crippen LogP contribution in [0.4, 0.5) is 17.5 Å². The van der Waals surface area contributed by atoms with Crippen LogP contribution in [0.1, 0.15) is 24.1 Å². The van der Waals surface area contributed by atoms with Gasteiger partial charge in [-0.25, -0.2) is 9.97 Å². The number of fused-ring (bicyclic) bond motifs is 1.